The molecule has 116 valence electrons. The van der Waals surface area contributed by atoms with Crippen LogP contribution in [0.3, 0.4) is 0 Å². The van der Waals surface area contributed by atoms with Gasteiger partial charge in [-0.3, -0.25) is 10.1 Å². The quantitative estimate of drug-likeness (QED) is 0.744. The third-order valence-corrected chi connectivity index (χ3v) is 5.25. The molecule has 1 unspecified atom stereocenters. The Balaban J connectivity index is 1.93. The Bertz CT molecular complexity index is 572. The Morgan fingerprint density at radius 2 is 2.00 bits per heavy atom. The van der Waals surface area contributed by atoms with Crippen molar-refractivity contribution in [2.24, 2.45) is 5.92 Å². The van der Waals surface area contributed by atoms with Gasteiger partial charge in [-0.15, -0.1) is 0 Å². The van der Waals surface area contributed by atoms with E-state index in [1.54, 1.807) is 13.0 Å². The first-order valence-electron chi connectivity index (χ1n) is 6.75. The van der Waals surface area contributed by atoms with E-state index in [9.17, 15) is 13.2 Å². The fourth-order valence-corrected chi connectivity index (χ4v) is 3.75. The molecule has 1 aliphatic heterocycles. The molecule has 0 spiro atoms. The van der Waals surface area contributed by atoms with Crippen LogP contribution in [0, 0.1) is 5.92 Å². The second-order valence-corrected chi connectivity index (χ2v) is 6.90. The van der Waals surface area contributed by atoms with E-state index in [4.69, 9.17) is 0 Å². The number of nitrogens with zero attached hydrogens (tertiary/aromatic N) is 3. The van der Waals surface area contributed by atoms with Crippen LogP contribution in [0.15, 0.2) is 18.5 Å². The van der Waals surface area contributed by atoms with Crippen molar-refractivity contribution in [1.29, 1.82) is 0 Å². The number of carbonyl (C=O) groups excluding carboxylic acids is 1. The molecule has 1 fully saturated rings. The third-order valence-electron chi connectivity index (χ3n) is 3.18. The Hall–Kier alpha value is -1.58. The number of nitrogens with one attached hydrogen (secondary N) is 2. The van der Waals surface area contributed by atoms with Crippen molar-refractivity contribution < 1.29 is 13.2 Å². The first-order valence-corrected chi connectivity index (χ1v) is 8.36. The number of amides is 1. The van der Waals surface area contributed by atoms with Gasteiger partial charge in [-0.25, -0.2) is 18.4 Å². The highest BCUT2D eigenvalue weighted by Gasteiger charge is 2.28. The predicted octanol–water partition coefficient (Wildman–Crippen LogP) is -0.714. The van der Waals surface area contributed by atoms with Gasteiger partial charge in [0.05, 0.1) is 11.7 Å². The molecule has 0 bridgehead atoms. The predicted molar refractivity (Wildman–Crippen MR) is 78.1 cm³/mol. The van der Waals surface area contributed by atoms with Gasteiger partial charge in [0.1, 0.15) is 0 Å². The molecule has 9 heteroatoms. The second-order valence-electron chi connectivity index (χ2n) is 4.89. The highest BCUT2D eigenvalue weighted by molar-refractivity contribution is 7.89. The summed E-state index contributed by atoms with van der Waals surface area (Å²) in [5.74, 6) is -1.12. The molecule has 2 heterocycles. The fraction of sp³-hybridized carbons (Fsp3) is 0.583. The normalized spacial score (nSPS) is 18.1. The van der Waals surface area contributed by atoms with Gasteiger partial charge in [-0.2, -0.15) is 4.31 Å². The van der Waals surface area contributed by atoms with Crippen LogP contribution >= 0.6 is 0 Å². The first kappa shape index (κ1) is 15.8. The van der Waals surface area contributed by atoms with Crippen LogP contribution in [-0.4, -0.2) is 60.5 Å². The average molecular weight is 313 g/mol. The van der Waals surface area contributed by atoms with Crippen LogP contribution in [0.2, 0.25) is 0 Å². The summed E-state index contributed by atoms with van der Waals surface area (Å²) in [5.41, 5.74) is 0. The van der Waals surface area contributed by atoms with Gasteiger partial charge in [-0.1, -0.05) is 6.92 Å². The average Bonchev–Trinajstić information content (AvgIpc) is 2.48. The van der Waals surface area contributed by atoms with Gasteiger partial charge in [-0.05, 0) is 6.07 Å². The molecule has 1 atom stereocenters. The van der Waals surface area contributed by atoms with E-state index >= 15 is 0 Å². The molecule has 0 saturated carbocycles. The van der Waals surface area contributed by atoms with Crippen LogP contribution in [0.5, 0.6) is 0 Å². The van der Waals surface area contributed by atoms with Crippen molar-refractivity contribution in [3.63, 3.8) is 0 Å². The zero-order valence-corrected chi connectivity index (χ0v) is 12.6. The largest absolute Gasteiger partial charge is 0.314 e. The second kappa shape index (κ2) is 6.92. The summed E-state index contributed by atoms with van der Waals surface area (Å²) in [6, 6.07) is 1.63. The summed E-state index contributed by atoms with van der Waals surface area (Å²) >= 11 is 0. The Kier molecular flexibility index (Phi) is 5.21. The lowest BCUT2D eigenvalue weighted by molar-refractivity contribution is -0.118. The highest BCUT2D eigenvalue weighted by Crippen LogP contribution is 2.10. The lowest BCUT2D eigenvalue weighted by Gasteiger charge is -2.27. The number of rotatable bonds is 5. The maximum atomic E-state index is 12.2. The van der Waals surface area contributed by atoms with Gasteiger partial charge < -0.3 is 5.32 Å². The molecule has 1 aromatic heterocycles. The van der Waals surface area contributed by atoms with Gasteiger partial charge in [0.15, 0.2) is 0 Å². The number of piperazine rings is 1. The molecule has 21 heavy (non-hydrogen) atoms. The molecule has 2 N–H and O–H groups in total. The molecule has 8 nitrogen and oxygen atoms in total. The standard InChI is InChI=1S/C12H19N5O3S/c1-10(11(18)16-12-14-3-2-4-15-12)9-21(19,20)17-7-5-13-6-8-17/h2-4,10,13H,5-9H2,1H3,(H,14,15,16,18). The monoisotopic (exact) mass is 313 g/mol. The fourth-order valence-electron chi connectivity index (χ4n) is 2.02. The van der Waals surface area contributed by atoms with E-state index in [0.29, 0.717) is 26.2 Å². The Morgan fingerprint density at radius 3 is 2.62 bits per heavy atom. The minimum atomic E-state index is -3.43. The van der Waals surface area contributed by atoms with Crippen LogP contribution in [-0.2, 0) is 14.8 Å². The van der Waals surface area contributed by atoms with Crippen LogP contribution in [0.1, 0.15) is 6.92 Å². The number of carbonyl (C=O) groups is 1. The first-order chi connectivity index (χ1) is 9.99. The van der Waals surface area contributed by atoms with Crippen LogP contribution in [0.25, 0.3) is 0 Å². The van der Waals surface area contributed by atoms with Crippen molar-refractivity contribution in [2.75, 3.05) is 37.2 Å². The van der Waals surface area contributed by atoms with E-state index in [-0.39, 0.29) is 11.7 Å². The van der Waals surface area contributed by atoms with Gasteiger partial charge in [0.2, 0.25) is 21.9 Å². The molecular formula is C12H19N5O3S. The summed E-state index contributed by atoms with van der Waals surface area (Å²) in [4.78, 5) is 19.7. The molecule has 0 aliphatic carbocycles. The number of hydrogen-bond donors (Lipinski definition) is 2. The number of anilines is 1. The maximum Gasteiger partial charge on any atom is 0.230 e. The lowest BCUT2D eigenvalue weighted by atomic mass is 10.2. The molecule has 0 aromatic carbocycles. The maximum absolute atomic E-state index is 12.2. The molecule has 1 aromatic rings. The van der Waals surface area contributed by atoms with Crippen LogP contribution < -0.4 is 10.6 Å². The third kappa shape index (κ3) is 4.45. The van der Waals surface area contributed by atoms with Crippen molar-refractivity contribution in [1.82, 2.24) is 19.6 Å². The highest BCUT2D eigenvalue weighted by atomic mass is 32.2. The molecule has 0 radical (unpaired) electrons. The van der Waals surface area contributed by atoms with Gasteiger partial charge in [0, 0.05) is 38.6 Å². The SMILES string of the molecule is CC(CS(=O)(=O)N1CCNCC1)C(=O)Nc1ncccn1. The lowest BCUT2D eigenvalue weighted by Crippen LogP contribution is -2.48. The topological polar surface area (TPSA) is 104 Å². The van der Waals surface area contributed by atoms with E-state index in [1.165, 1.54) is 16.7 Å². The van der Waals surface area contributed by atoms with Crippen LogP contribution in [0.4, 0.5) is 5.95 Å². The summed E-state index contributed by atoms with van der Waals surface area (Å²) in [6.45, 7) is 3.74. The zero-order chi connectivity index (χ0) is 15.3. The molecule has 1 amide bonds. The van der Waals surface area contributed by atoms with Gasteiger partial charge in [0.25, 0.3) is 0 Å². The van der Waals surface area contributed by atoms with Crippen molar-refractivity contribution in [3.05, 3.63) is 18.5 Å². The smallest absolute Gasteiger partial charge is 0.230 e. The summed E-state index contributed by atoms with van der Waals surface area (Å²) in [6.07, 6.45) is 3.01. The zero-order valence-electron chi connectivity index (χ0n) is 11.8. The molecule has 1 aliphatic rings. The number of aromatic nitrogens is 2. The van der Waals surface area contributed by atoms with E-state index in [1.807, 2.05) is 0 Å². The van der Waals surface area contributed by atoms with Gasteiger partial charge >= 0.3 is 0 Å². The van der Waals surface area contributed by atoms with E-state index in [0.717, 1.165) is 0 Å². The minimum absolute atomic E-state index is 0.175. The van der Waals surface area contributed by atoms with E-state index in [2.05, 4.69) is 20.6 Å². The minimum Gasteiger partial charge on any atom is -0.314 e. The van der Waals surface area contributed by atoms with Crippen molar-refractivity contribution in [2.45, 2.75) is 6.92 Å². The Labute approximate surface area is 124 Å². The summed E-state index contributed by atoms with van der Waals surface area (Å²) in [7, 11) is -3.43. The van der Waals surface area contributed by atoms with Crippen molar-refractivity contribution >= 4 is 21.9 Å². The summed E-state index contributed by atoms with van der Waals surface area (Å²) in [5, 5.41) is 5.60. The van der Waals surface area contributed by atoms with Crippen molar-refractivity contribution in [3.8, 4) is 0 Å². The Morgan fingerprint density at radius 1 is 1.38 bits per heavy atom. The number of sulfonamides is 1. The summed E-state index contributed by atoms with van der Waals surface area (Å²) < 4.78 is 25.9. The van der Waals surface area contributed by atoms with E-state index < -0.39 is 21.8 Å². The molecule has 1 saturated heterocycles. The number of hydrogen-bond acceptors (Lipinski definition) is 6. The molecular weight excluding hydrogens is 294 g/mol. The molecule has 2 rings (SSSR count).